The summed E-state index contributed by atoms with van der Waals surface area (Å²) < 4.78 is 44.7. The minimum atomic E-state index is -3.81. The highest BCUT2D eigenvalue weighted by molar-refractivity contribution is 9.10. The molecule has 1 aromatic carbocycles. The van der Waals surface area contributed by atoms with Crippen molar-refractivity contribution in [2.45, 2.75) is 11.8 Å². The third kappa shape index (κ3) is 3.50. The summed E-state index contributed by atoms with van der Waals surface area (Å²) >= 11 is 3.09. The van der Waals surface area contributed by atoms with Crippen molar-refractivity contribution in [3.05, 3.63) is 28.5 Å². The molecule has 18 heavy (non-hydrogen) atoms. The normalized spacial score (nSPS) is 12.1. The molecule has 0 aromatic heterocycles. The van der Waals surface area contributed by atoms with Crippen molar-refractivity contribution >= 4 is 26.0 Å². The molecule has 0 amide bonds. The maximum atomic E-state index is 13.7. The van der Waals surface area contributed by atoms with Crippen molar-refractivity contribution in [2.75, 3.05) is 26.8 Å². The third-order valence-electron chi connectivity index (χ3n) is 2.41. The maximum absolute atomic E-state index is 13.7. The minimum absolute atomic E-state index is 0.199. The molecule has 0 aliphatic heterocycles. The molecule has 0 N–H and O–H groups in total. The molecule has 0 saturated heterocycles. The van der Waals surface area contributed by atoms with Gasteiger partial charge in [-0.15, -0.1) is 0 Å². The largest absolute Gasteiger partial charge is 0.383 e. The van der Waals surface area contributed by atoms with Gasteiger partial charge in [-0.1, -0.05) is 22.9 Å². The smallest absolute Gasteiger partial charge is 0.246 e. The molecule has 0 atom stereocenters. The summed E-state index contributed by atoms with van der Waals surface area (Å²) in [5.41, 5.74) is 0. The number of likely N-dealkylation sites (N-methyl/N-ethyl adjacent to an activating group) is 1. The summed E-state index contributed by atoms with van der Waals surface area (Å²) in [7, 11) is -2.33. The second-order valence-electron chi connectivity index (χ2n) is 3.56. The van der Waals surface area contributed by atoms with Crippen LogP contribution in [0, 0.1) is 5.82 Å². The summed E-state index contributed by atoms with van der Waals surface area (Å²) in [6.07, 6.45) is 0. The zero-order valence-corrected chi connectivity index (χ0v) is 12.6. The molecule has 0 unspecified atom stereocenters. The van der Waals surface area contributed by atoms with Crippen LogP contribution in [0.25, 0.3) is 0 Å². The van der Waals surface area contributed by atoms with E-state index in [2.05, 4.69) is 15.9 Å². The Morgan fingerprint density at radius 1 is 1.44 bits per heavy atom. The van der Waals surface area contributed by atoms with Gasteiger partial charge in [0.15, 0.2) is 0 Å². The second kappa shape index (κ2) is 6.60. The second-order valence-corrected chi connectivity index (χ2v) is 6.39. The minimum Gasteiger partial charge on any atom is -0.383 e. The first-order chi connectivity index (χ1) is 8.43. The van der Waals surface area contributed by atoms with Gasteiger partial charge < -0.3 is 4.74 Å². The quantitative estimate of drug-likeness (QED) is 0.798. The number of hydrogen-bond donors (Lipinski definition) is 0. The lowest BCUT2D eigenvalue weighted by Gasteiger charge is -2.20. The molecule has 0 aliphatic carbocycles. The van der Waals surface area contributed by atoms with E-state index in [1.54, 1.807) is 6.92 Å². The van der Waals surface area contributed by atoms with E-state index in [0.717, 1.165) is 6.07 Å². The fourth-order valence-electron chi connectivity index (χ4n) is 1.46. The van der Waals surface area contributed by atoms with Crippen molar-refractivity contribution in [3.8, 4) is 0 Å². The molecule has 0 spiro atoms. The molecule has 7 heteroatoms. The average molecular weight is 340 g/mol. The van der Waals surface area contributed by atoms with Crippen LogP contribution in [0.15, 0.2) is 27.6 Å². The number of sulfonamides is 1. The molecule has 1 aromatic rings. The van der Waals surface area contributed by atoms with Gasteiger partial charge in [0.25, 0.3) is 0 Å². The van der Waals surface area contributed by atoms with Crippen molar-refractivity contribution < 1.29 is 17.5 Å². The Morgan fingerprint density at radius 3 is 2.61 bits per heavy atom. The monoisotopic (exact) mass is 339 g/mol. The Hall–Kier alpha value is -0.500. The van der Waals surface area contributed by atoms with Crippen LogP contribution in [0.2, 0.25) is 0 Å². The number of methoxy groups -OCH3 is 1. The van der Waals surface area contributed by atoms with Crippen LogP contribution in [-0.2, 0) is 14.8 Å². The van der Waals surface area contributed by atoms with E-state index >= 15 is 0 Å². The highest BCUT2D eigenvalue weighted by Crippen LogP contribution is 2.22. The lowest BCUT2D eigenvalue weighted by molar-refractivity contribution is 0.180. The summed E-state index contributed by atoms with van der Waals surface area (Å²) in [5, 5.41) is 0. The Morgan fingerprint density at radius 2 is 2.11 bits per heavy atom. The van der Waals surface area contributed by atoms with Gasteiger partial charge in [0, 0.05) is 24.7 Å². The molecule has 0 radical (unpaired) electrons. The number of rotatable bonds is 6. The fraction of sp³-hybridized carbons (Fsp3) is 0.455. The molecule has 0 aliphatic rings. The number of halogens is 2. The van der Waals surface area contributed by atoms with Crippen LogP contribution in [0.5, 0.6) is 0 Å². The van der Waals surface area contributed by atoms with Gasteiger partial charge >= 0.3 is 0 Å². The number of ether oxygens (including phenoxy) is 1. The molecule has 0 saturated carbocycles. The van der Waals surface area contributed by atoms with E-state index in [4.69, 9.17) is 4.74 Å². The molecule has 0 heterocycles. The lowest BCUT2D eigenvalue weighted by Crippen LogP contribution is -2.34. The number of benzene rings is 1. The molecule has 4 nitrogen and oxygen atoms in total. The predicted molar refractivity (Wildman–Crippen MR) is 70.4 cm³/mol. The van der Waals surface area contributed by atoms with E-state index in [-0.39, 0.29) is 24.6 Å². The first-order valence-electron chi connectivity index (χ1n) is 5.37. The summed E-state index contributed by atoms with van der Waals surface area (Å²) in [4.78, 5) is -0.316. The zero-order chi connectivity index (χ0) is 13.8. The first-order valence-corrected chi connectivity index (χ1v) is 7.61. The Kier molecular flexibility index (Phi) is 5.71. The summed E-state index contributed by atoms with van der Waals surface area (Å²) in [6.45, 7) is 2.43. The average Bonchev–Trinajstić information content (AvgIpc) is 2.29. The predicted octanol–water partition coefficient (Wildman–Crippen LogP) is 2.25. The van der Waals surface area contributed by atoms with Gasteiger partial charge in [-0.25, -0.2) is 12.8 Å². The van der Waals surface area contributed by atoms with Crippen molar-refractivity contribution in [3.63, 3.8) is 0 Å². The van der Waals surface area contributed by atoms with Crippen LogP contribution >= 0.6 is 15.9 Å². The molecular weight excluding hydrogens is 325 g/mol. The van der Waals surface area contributed by atoms with Gasteiger partial charge in [0.05, 0.1) is 6.61 Å². The maximum Gasteiger partial charge on any atom is 0.246 e. The molecule has 0 bridgehead atoms. The van der Waals surface area contributed by atoms with Gasteiger partial charge in [-0.05, 0) is 18.2 Å². The third-order valence-corrected chi connectivity index (χ3v) is 4.91. The van der Waals surface area contributed by atoms with Gasteiger partial charge in [0.2, 0.25) is 10.0 Å². The Labute approximate surface area is 115 Å². The van der Waals surface area contributed by atoms with Crippen molar-refractivity contribution in [1.29, 1.82) is 0 Å². The van der Waals surface area contributed by atoms with Crippen LogP contribution in [0.1, 0.15) is 6.92 Å². The van der Waals surface area contributed by atoms with Crippen molar-refractivity contribution in [2.24, 2.45) is 0 Å². The Balaban J connectivity index is 3.10. The zero-order valence-electron chi connectivity index (χ0n) is 10.2. The van der Waals surface area contributed by atoms with E-state index < -0.39 is 15.8 Å². The highest BCUT2D eigenvalue weighted by Gasteiger charge is 2.25. The molecular formula is C11H15BrFNO3S. The van der Waals surface area contributed by atoms with Crippen LogP contribution in [0.4, 0.5) is 4.39 Å². The molecule has 102 valence electrons. The van der Waals surface area contributed by atoms with E-state index in [9.17, 15) is 12.8 Å². The highest BCUT2D eigenvalue weighted by atomic mass is 79.9. The first kappa shape index (κ1) is 15.6. The van der Waals surface area contributed by atoms with Crippen LogP contribution < -0.4 is 0 Å². The summed E-state index contributed by atoms with van der Waals surface area (Å²) in [5.74, 6) is -0.764. The van der Waals surface area contributed by atoms with Crippen LogP contribution in [-0.4, -0.2) is 39.5 Å². The van der Waals surface area contributed by atoms with Crippen LogP contribution in [0.3, 0.4) is 0 Å². The Bertz CT molecular complexity index is 507. The number of hydrogen-bond acceptors (Lipinski definition) is 3. The van der Waals surface area contributed by atoms with Gasteiger partial charge in [-0.3, -0.25) is 0 Å². The lowest BCUT2D eigenvalue weighted by atomic mass is 10.3. The van der Waals surface area contributed by atoms with Gasteiger partial charge in [0.1, 0.15) is 10.7 Å². The number of nitrogens with zero attached hydrogens (tertiary/aromatic N) is 1. The fourth-order valence-corrected chi connectivity index (χ4v) is 3.28. The SMILES string of the molecule is CCN(CCOC)S(=O)(=O)c1ccc(Br)cc1F. The molecule has 0 fully saturated rings. The van der Waals surface area contributed by atoms with E-state index in [1.807, 2.05) is 0 Å². The topological polar surface area (TPSA) is 46.6 Å². The summed E-state index contributed by atoms with van der Waals surface area (Å²) in [6, 6.07) is 3.89. The standard InChI is InChI=1S/C11H15BrFNO3S/c1-3-14(6-7-17-2)18(15,16)11-5-4-9(12)8-10(11)13/h4-5,8H,3,6-7H2,1-2H3. The van der Waals surface area contributed by atoms with E-state index in [1.165, 1.54) is 23.5 Å². The van der Waals surface area contributed by atoms with Crippen molar-refractivity contribution in [1.82, 2.24) is 4.31 Å². The molecule has 1 rings (SSSR count). The van der Waals surface area contributed by atoms with Gasteiger partial charge in [-0.2, -0.15) is 4.31 Å². The van der Waals surface area contributed by atoms with E-state index in [0.29, 0.717) is 4.47 Å².